The number of benzene rings is 2. The van der Waals surface area contributed by atoms with Crippen molar-refractivity contribution >= 4 is 40.9 Å². The second-order valence-electron chi connectivity index (χ2n) is 6.46. The summed E-state index contributed by atoms with van der Waals surface area (Å²) in [5.74, 6) is -0.124. The third-order valence-electron chi connectivity index (χ3n) is 4.20. The summed E-state index contributed by atoms with van der Waals surface area (Å²) in [6.45, 7) is 2.13. The van der Waals surface area contributed by atoms with E-state index in [1.54, 1.807) is 42.8 Å². The molecule has 0 bridgehead atoms. The van der Waals surface area contributed by atoms with E-state index in [-0.39, 0.29) is 23.3 Å². The van der Waals surface area contributed by atoms with E-state index in [1.165, 1.54) is 30.0 Å². The zero-order valence-electron chi connectivity index (χ0n) is 17.3. The molecule has 0 saturated heterocycles. The fourth-order valence-electron chi connectivity index (χ4n) is 2.54. The number of nitrogens with zero attached hydrogens (tertiary/aromatic N) is 3. The second kappa shape index (κ2) is 11.0. The van der Waals surface area contributed by atoms with Crippen LogP contribution in [0.3, 0.4) is 0 Å². The maximum atomic E-state index is 13.2. The Labute approximate surface area is 193 Å². The molecular formula is C21H20ClFN4O4S. The molecule has 0 atom stereocenters. The van der Waals surface area contributed by atoms with Gasteiger partial charge in [0.1, 0.15) is 18.2 Å². The first-order chi connectivity index (χ1) is 15.4. The van der Waals surface area contributed by atoms with E-state index in [0.717, 1.165) is 0 Å². The van der Waals surface area contributed by atoms with Crippen molar-refractivity contribution in [2.75, 3.05) is 17.7 Å². The summed E-state index contributed by atoms with van der Waals surface area (Å²) in [5, 5.41) is 11.4. The Kier molecular flexibility index (Phi) is 8.07. The van der Waals surface area contributed by atoms with Gasteiger partial charge in [-0.05, 0) is 43.3 Å². The molecule has 0 radical (unpaired) electrons. The minimum atomic E-state index is -0.524. The Morgan fingerprint density at radius 1 is 1.19 bits per heavy atom. The van der Waals surface area contributed by atoms with Gasteiger partial charge in [-0.15, -0.1) is 10.2 Å². The van der Waals surface area contributed by atoms with Crippen LogP contribution in [0.15, 0.2) is 47.6 Å². The number of thioether (sulfide) groups is 1. The molecule has 0 fully saturated rings. The van der Waals surface area contributed by atoms with Crippen molar-refractivity contribution in [3.8, 4) is 5.75 Å². The van der Waals surface area contributed by atoms with E-state index in [1.807, 2.05) is 0 Å². The number of nitrogens with one attached hydrogen (secondary N) is 1. The van der Waals surface area contributed by atoms with Crippen LogP contribution in [0.4, 0.5) is 10.1 Å². The summed E-state index contributed by atoms with van der Waals surface area (Å²) < 4.78 is 25.4. The van der Waals surface area contributed by atoms with Gasteiger partial charge in [0.15, 0.2) is 11.0 Å². The predicted octanol–water partition coefficient (Wildman–Crippen LogP) is 4.09. The van der Waals surface area contributed by atoms with Gasteiger partial charge in [-0.3, -0.25) is 4.79 Å². The quantitative estimate of drug-likeness (QED) is 0.365. The number of anilines is 1. The monoisotopic (exact) mass is 478 g/mol. The van der Waals surface area contributed by atoms with Gasteiger partial charge in [0.25, 0.3) is 0 Å². The zero-order chi connectivity index (χ0) is 23.1. The highest BCUT2D eigenvalue weighted by atomic mass is 35.5. The van der Waals surface area contributed by atoms with Crippen LogP contribution in [0.25, 0.3) is 0 Å². The third-order valence-corrected chi connectivity index (χ3v) is 5.51. The zero-order valence-corrected chi connectivity index (χ0v) is 18.9. The molecule has 0 aliphatic heterocycles. The minimum Gasteiger partial charge on any atom is -0.486 e. The van der Waals surface area contributed by atoms with Gasteiger partial charge >= 0.3 is 5.97 Å². The first-order valence-electron chi connectivity index (χ1n) is 9.53. The Morgan fingerprint density at radius 2 is 1.94 bits per heavy atom. The summed E-state index contributed by atoms with van der Waals surface area (Å²) in [7, 11) is 1.75. The first-order valence-corrected chi connectivity index (χ1v) is 10.9. The first kappa shape index (κ1) is 23.6. The summed E-state index contributed by atoms with van der Waals surface area (Å²) >= 11 is 6.96. The molecule has 0 aliphatic rings. The van der Waals surface area contributed by atoms with E-state index >= 15 is 0 Å². The van der Waals surface area contributed by atoms with E-state index in [2.05, 4.69) is 15.5 Å². The lowest BCUT2D eigenvalue weighted by Crippen LogP contribution is -2.15. The molecule has 1 aromatic heterocycles. The van der Waals surface area contributed by atoms with Crippen LogP contribution in [0.2, 0.25) is 5.02 Å². The van der Waals surface area contributed by atoms with Crippen molar-refractivity contribution in [3.63, 3.8) is 0 Å². The van der Waals surface area contributed by atoms with Crippen molar-refractivity contribution in [2.45, 2.75) is 18.7 Å². The van der Waals surface area contributed by atoms with Crippen LogP contribution in [-0.4, -0.2) is 39.0 Å². The van der Waals surface area contributed by atoms with Crippen LogP contribution in [0.5, 0.6) is 5.75 Å². The van der Waals surface area contributed by atoms with Crippen LogP contribution in [-0.2, 0) is 23.2 Å². The van der Waals surface area contributed by atoms with E-state index in [4.69, 9.17) is 21.1 Å². The molecular weight excluding hydrogens is 459 g/mol. The SMILES string of the molecule is CCOC(=O)c1ccc(NC(=O)CSc2nnc(COc3ccc(F)c(Cl)c3)n2C)cc1. The Balaban J connectivity index is 1.50. The number of ether oxygens (including phenoxy) is 2. The lowest BCUT2D eigenvalue weighted by Gasteiger charge is -2.08. The highest BCUT2D eigenvalue weighted by Crippen LogP contribution is 2.22. The minimum absolute atomic E-state index is 0.0294. The fraction of sp³-hybridized carbons (Fsp3) is 0.238. The van der Waals surface area contributed by atoms with E-state index < -0.39 is 11.8 Å². The van der Waals surface area contributed by atoms with Gasteiger partial charge in [0.2, 0.25) is 5.91 Å². The molecule has 11 heteroatoms. The summed E-state index contributed by atoms with van der Waals surface area (Å²) in [6.07, 6.45) is 0. The van der Waals surface area contributed by atoms with Gasteiger partial charge in [-0.25, -0.2) is 9.18 Å². The molecule has 1 heterocycles. The van der Waals surface area contributed by atoms with E-state index in [0.29, 0.717) is 34.6 Å². The molecule has 2 aromatic carbocycles. The maximum absolute atomic E-state index is 13.2. The van der Waals surface area contributed by atoms with Crippen molar-refractivity contribution in [1.29, 1.82) is 0 Å². The number of rotatable bonds is 9. The molecule has 168 valence electrons. The molecule has 0 unspecified atom stereocenters. The highest BCUT2D eigenvalue weighted by molar-refractivity contribution is 7.99. The topological polar surface area (TPSA) is 95.3 Å². The molecule has 0 saturated carbocycles. The molecule has 0 aliphatic carbocycles. The number of amides is 1. The number of esters is 1. The van der Waals surface area contributed by atoms with Crippen molar-refractivity contribution in [3.05, 3.63) is 64.7 Å². The molecule has 1 N–H and O–H groups in total. The van der Waals surface area contributed by atoms with Crippen LogP contribution >= 0.6 is 23.4 Å². The summed E-state index contributed by atoms with van der Waals surface area (Å²) in [5.41, 5.74) is 0.977. The average molecular weight is 479 g/mol. The third kappa shape index (κ3) is 6.21. The standard InChI is InChI=1S/C21H20ClFN4O4S/c1-3-30-20(29)13-4-6-14(7-5-13)24-19(28)12-32-21-26-25-18(27(21)2)11-31-15-8-9-17(23)16(22)10-15/h4-10H,3,11-12H2,1-2H3,(H,24,28). The van der Waals surface area contributed by atoms with Crippen LogP contribution in [0.1, 0.15) is 23.1 Å². The normalized spacial score (nSPS) is 10.6. The second-order valence-corrected chi connectivity index (χ2v) is 7.81. The lowest BCUT2D eigenvalue weighted by molar-refractivity contribution is -0.113. The van der Waals surface area contributed by atoms with Gasteiger partial charge in [-0.1, -0.05) is 23.4 Å². The van der Waals surface area contributed by atoms with E-state index in [9.17, 15) is 14.0 Å². The number of carbonyl (C=O) groups is 2. The number of carbonyl (C=O) groups excluding carboxylic acids is 2. The average Bonchev–Trinajstić information content (AvgIpc) is 3.13. The molecule has 1 amide bonds. The highest BCUT2D eigenvalue weighted by Gasteiger charge is 2.13. The van der Waals surface area contributed by atoms with Gasteiger partial charge < -0.3 is 19.4 Å². The van der Waals surface area contributed by atoms with Crippen LogP contribution < -0.4 is 10.1 Å². The maximum Gasteiger partial charge on any atom is 0.338 e. The smallest absolute Gasteiger partial charge is 0.338 e. The Morgan fingerprint density at radius 3 is 2.62 bits per heavy atom. The Bertz CT molecular complexity index is 1110. The number of halogens is 2. The van der Waals surface area contributed by atoms with Gasteiger partial charge in [-0.2, -0.15) is 0 Å². The van der Waals surface area contributed by atoms with Crippen LogP contribution in [0, 0.1) is 5.82 Å². The van der Waals surface area contributed by atoms with Gasteiger partial charge in [0, 0.05) is 18.8 Å². The predicted molar refractivity (Wildman–Crippen MR) is 118 cm³/mol. The fourth-order valence-corrected chi connectivity index (χ4v) is 3.44. The summed E-state index contributed by atoms with van der Waals surface area (Å²) in [4.78, 5) is 23.9. The van der Waals surface area contributed by atoms with Gasteiger partial charge in [0.05, 0.1) is 22.9 Å². The van der Waals surface area contributed by atoms with Crippen molar-refractivity contribution < 1.29 is 23.5 Å². The Hall–Kier alpha value is -3.11. The number of hydrogen-bond acceptors (Lipinski definition) is 7. The lowest BCUT2D eigenvalue weighted by atomic mass is 10.2. The largest absolute Gasteiger partial charge is 0.486 e. The molecule has 32 heavy (non-hydrogen) atoms. The number of hydrogen-bond donors (Lipinski definition) is 1. The molecule has 8 nitrogen and oxygen atoms in total. The summed E-state index contributed by atoms with van der Waals surface area (Å²) in [6, 6.07) is 10.5. The van der Waals surface area contributed by atoms with Crippen molar-refractivity contribution in [2.24, 2.45) is 7.05 Å². The molecule has 0 spiro atoms. The number of aromatic nitrogens is 3. The molecule has 3 rings (SSSR count). The molecule has 3 aromatic rings. The van der Waals surface area contributed by atoms with Crippen molar-refractivity contribution in [1.82, 2.24) is 14.8 Å².